The molecule has 3 heterocycles. The van der Waals surface area contributed by atoms with Crippen LogP contribution < -0.4 is 4.90 Å². The number of aromatic nitrogens is 3. The maximum absolute atomic E-state index is 12.6. The van der Waals surface area contributed by atoms with E-state index >= 15 is 0 Å². The predicted octanol–water partition coefficient (Wildman–Crippen LogP) is 3.38. The van der Waals surface area contributed by atoms with Crippen LogP contribution in [0, 0.1) is 5.92 Å². The van der Waals surface area contributed by atoms with Crippen molar-refractivity contribution in [3.05, 3.63) is 24.2 Å². The molecule has 0 aromatic carbocycles. The molecule has 2 aliphatic rings. The zero-order valence-electron chi connectivity index (χ0n) is 15.9. The number of piperazine rings is 1. The summed E-state index contributed by atoms with van der Waals surface area (Å²) in [6.45, 7) is 2.63. The Kier molecular flexibility index (Phi) is 5.42. The summed E-state index contributed by atoms with van der Waals surface area (Å²) in [7, 11) is 0. The van der Waals surface area contributed by atoms with Crippen molar-refractivity contribution < 1.29 is 22.5 Å². The first-order chi connectivity index (χ1) is 13.9. The van der Waals surface area contributed by atoms with Gasteiger partial charge in [0.25, 0.3) is 0 Å². The van der Waals surface area contributed by atoms with Crippen LogP contribution in [-0.4, -0.2) is 52.1 Å². The van der Waals surface area contributed by atoms with Crippen LogP contribution in [0.25, 0.3) is 11.4 Å². The lowest BCUT2D eigenvalue weighted by Gasteiger charge is -2.36. The number of carbonyl (C=O) groups excluding carboxylic acids is 1. The van der Waals surface area contributed by atoms with Crippen LogP contribution >= 0.6 is 0 Å². The van der Waals surface area contributed by atoms with Gasteiger partial charge in [-0.25, -0.2) is 4.98 Å². The Labute approximate surface area is 165 Å². The third kappa shape index (κ3) is 4.51. The largest absolute Gasteiger partial charge is 0.471 e. The van der Waals surface area contributed by atoms with Gasteiger partial charge in [0, 0.05) is 44.4 Å². The van der Waals surface area contributed by atoms with Crippen molar-refractivity contribution in [1.82, 2.24) is 20.0 Å². The van der Waals surface area contributed by atoms with Crippen molar-refractivity contribution in [2.75, 3.05) is 31.1 Å². The number of nitrogens with zero attached hydrogens (tertiary/aromatic N) is 5. The summed E-state index contributed by atoms with van der Waals surface area (Å²) < 4.78 is 42.0. The molecule has 10 heteroatoms. The second kappa shape index (κ2) is 8.00. The number of carbonyl (C=O) groups is 1. The van der Waals surface area contributed by atoms with Gasteiger partial charge in [0.1, 0.15) is 5.82 Å². The molecule has 0 spiro atoms. The van der Waals surface area contributed by atoms with Gasteiger partial charge in [-0.3, -0.25) is 4.79 Å². The van der Waals surface area contributed by atoms with Crippen LogP contribution in [0.3, 0.4) is 0 Å². The first kappa shape index (κ1) is 19.7. The highest BCUT2D eigenvalue weighted by molar-refractivity contribution is 5.76. The van der Waals surface area contributed by atoms with Crippen molar-refractivity contribution in [2.24, 2.45) is 5.92 Å². The molecule has 1 aliphatic carbocycles. The van der Waals surface area contributed by atoms with Gasteiger partial charge in [0.15, 0.2) is 0 Å². The summed E-state index contributed by atoms with van der Waals surface area (Å²) in [5.74, 6) is -0.0555. The van der Waals surface area contributed by atoms with E-state index in [-0.39, 0.29) is 11.7 Å². The molecule has 0 unspecified atom stereocenters. The Morgan fingerprint density at radius 1 is 1.14 bits per heavy atom. The SMILES string of the molecule is O=C(CC1CCCC1)N1CCN(c2ccc(-c3noc(C(F)(F)F)n3)cn2)CC1. The second-order valence-corrected chi connectivity index (χ2v) is 7.55. The second-order valence-electron chi connectivity index (χ2n) is 7.55. The maximum atomic E-state index is 12.6. The van der Waals surface area contributed by atoms with E-state index in [1.54, 1.807) is 12.1 Å². The highest BCUT2D eigenvalue weighted by atomic mass is 19.4. The monoisotopic (exact) mass is 409 g/mol. The van der Waals surface area contributed by atoms with E-state index in [0.717, 1.165) is 12.8 Å². The number of pyridine rings is 1. The first-order valence-electron chi connectivity index (χ1n) is 9.80. The lowest BCUT2D eigenvalue weighted by Crippen LogP contribution is -2.49. The van der Waals surface area contributed by atoms with Gasteiger partial charge in [-0.2, -0.15) is 18.2 Å². The van der Waals surface area contributed by atoms with Crippen LogP contribution in [0.1, 0.15) is 38.0 Å². The van der Waals surface area contributed by atoms with E-state index in [0.29, 0.717) is 49.9 Å². The molecule has 1 saturated carbocycles. The molecule has 0 bridgehead atoms. The summed E-state index contributed by atoms with van der Waals surface area (Å²) in [6, 6.07) is 3.33. The highest BCUT2D eigenvalue weighted by Crippen LogP contribution is 2.30. The zero-order chi connectivity index (χ0) is 20.4. The van der Waals surface area contributed by atoms with E-state index in [4.69, 9.17) is 0 Å². The van der Waals surface area contributed by atoms with Gasteiger partial charge >= 0.3 is 12.1 Å². The number of rotatable bonds is 4. The molecule has 2 aromatic rings. The average Bonchev–Trinajstić information content (AvgIpc) is 3.40. The Hall–Kier alpha value is -2.65. The van der Waals surface area contributed by atoms with Gasteiger partial charge in [0.05, 0.1) is 0 Å². The maximum Gasteiger partial charge on any atom is 0.471 e. The van der Waals surface area contributed by atoms with Crippen molar-refractivity contribution >= 4 is 11.7 Å². The molecule has 1 amide bonds. The highest BCUT2D eigenvalue weighted by Gasteiger charge is 2.38. The number of anilines is 1. The smallest absolute Gasteiger partial charge is 0.353 e. The molecular formula is C19H22F3N5O2. The van der Waals surface area contributed by atoms with Crippen LogP contribution in [-0.2, 0) is 11.0 Å². The molecule has 1 aliphatic heterocycles. The fourth-order valence-corrected chi connectivity index (χ4v) is 3.94. The molecule has 1 saturated heterocycles. The van der Waals surface area contributed by atoms with Crippen LogP contribution in [0.5, 0.6) is 0 Å². The van der Waals surface area contributed by atoms with E-state index < -0.39 is 12.1 Å². The summed E-state index contributed by atoms with van der Waals surface area (Å²) in [5.41, 5.74) is 0.346. The minimum Gasteiger partial charge on any atom is -0.353 e. The van der Waals surface area contributed by atoms with Crippen molar-refractivity contribution in [3.63, 3.8) is 0 Å². The Morgan fingerprint density at radius 3 is 2.45 bits per heavy atom. The molecule has 4 rings (SSSR count). The third-order valence-corrected chi connectivity index (χ3v) is 5.57. The molecule has 156 valence electrons. The van der Waals surface area contributed by atoms with Crippen LogP contribution in [0.2, 0.25) is 0 Å². The van der Waals surface area contributed by atoms with Gasteiger partial charge < -0.3 is 14.3 Å². The Balaban J connectivity index is 1.33. The zero-order valence-corrected chi connectivity index (χ0v) is 15.9. The Bertz CT molecular complexity index is 838. The van der Waals surface area contributed by atoms with E-state index in [1.807, 2.05) is 4.90 Å². The fourth-order valence-electron chi connectivity index (χ4n) is 3.94. The molecular weight excluding hydrogens is 387 g/mol. The lowest BCUT2D eigenvalue weighted by atomic mass is 10.0. The number of alkyl halides is 3. The minimum absolute atomic E-state index is 0.154. The van der Waals surface area contributed by atoms with Gasteiger partial charge in [-0.1, -0.05) is 18.0 Å². The van der Waals surface area contributed by atoms with Crippen LogP contribution in [0.4, 0.5) is 19.0 Å². The number of hydrogen-bond acceptors (Lipinski definition) is 6. The molecule has 7 nitrogen and oxygen atoms in total. The van der Waals surface area contributed by atoms with Crippen molar-refractivity contribution in [2.45, 2.75) is 38.3 Å². The minimum atomic E-state index is -4.67. The van der Waals surface area contributed by atoms with E-state index in [2.05, 4.69) is 24.5 Å². The Morgan fingerprint density at radius 2 is 1.86 bits per heavy atom. The van der Waals surface area contributed by atoms with Gasteiger partial charge in [0.2, 0.25) is 11.7 Å². The summed E-state index contributed by atoms with van der Waals surface area (Å²) in [4.78, 5) is 24.1. The van der Waals surface area contributed by atoms with Crippen molar-refractivity contribution in [1.29, 1.82) is 0 Å². The summed E-state index contributed by atoms with van der Waals surface area (Å²) in [6.07, 6.45) is 2.19. The quantitative estimate of drug-likeness (QED) is 0.771. The standard InChI is InChI=1S/C19H22F3N5O2/c20-19(21,22)18-24-17(25-29-18)14-5-6-15(23-12-14)26-7-9-27(10-8-26)16(28)11-13-3-1-2-4-13/h5-6,12-13H,1-4,7-11H2. The molecule has 0 atom stereocenters. The number of halogens is 3. The molecule has 0 N–H and O–H groups in total. The van der Waals surface area contributed by atoms with Crippen LogP contribution in [0.15, 0.2) is 22.9 Å². The molecule has 2 aromatic heterocycles. The number of amides is 1. The van der Waals surface area contributed by atoms with E-state index in [1.165, 1.54) is 19.0 Å². The normalized spacial score (nSPS) is 18.4. The topological polar surface area (TPSA) is 75.4 Å². The summed E-state index contributed by atoms with van der Waals surface area (Å²) >= 11 is 0. The van der Waals surface area contributed by atoms with E-state index in [9.17, 15) is 18.0 Å². The molecule has 2 fully saturated rings. The fraction of sp³-hybridized carbons (Fsp3) is 0.579. The average molecular weight is 409 g/mol. The third-order valence-electron chi connectivity index (χ3n) is 5.57. The first-order valence-corrected chi connectivity index (χ1v) is 9.80. The van der Waals surface area contributed by atoms with Crippen molar-refractivity contribution in [3.8, 4) is 11.4 Å². The summed E-state index contributed by atoms with van der Waals surface area (Å²) in [5, 5.41) is 3.36. The predicted molar refractivity (Wildman–Crippen MR) is 97.9 cm³/mol. The number of hydrogen-bond donors (Lipinski definition) is 0. The van der Waals surface area contributed by atoms with Gasteiger partial charge in [-0.05, 0) is 30.9 Å². The lowest BCUT2D eigenvalue weighted by molar-refractivity contribution is -0.159. The van der Waals surface area contributed by atoms with Gasteiger partial charge in [-0.15, -0.1) is 0 Å². The molecule has 29 heavy (non-hydrogen) atoms. The molecule has 0 radical (unpaired) electrons.